The van der Waals surface area contributed by atoms with Gasteiger partial charge < -0.3 is 11.1 Å². The van der Waals surface area contributed by atoms with Gasteiger partial charge in [-0.3, -0.25) is 4.79 Å². The molecular formula is C14H19F3N2O. The van der Waals surface area contributed by atoms with E-state index in [1.807, 2.05) is 20.8 Å². The topological polar surface area (TPSA) is 55.1 Å². The normalized spacial score (nSPS) is 13.2. The maximum absolute atomic E-state index is 13.0. The van der Waals surface area contributed by atoms with Gasteiger partial charge in [0.05, 0.1) is 0 Å². The van der Waals surface area contributed by atoms with Gasteiger partial charge in [0.15, 0.2) is 17.5 Å². The molecular weight excluding hydrogens is 269 g/mol. The van der Waals surface area contributed by atoms with Crippen molar-refractivity contribution in [1.82, 2.24) is 5.32 Å². The molecule has 1 rings (SSSR count). The second-order valence-electron chi connectivity index (χ2n) is 5.99. The summed E-state index contributed by atoms with van der Waals surface area (Å²) in [5, 5.41) is 2.48. The lowest BCUT2D eigenvalue weighted by Gasteiger charge is -2.23. The second-order valence-corrected chi connectivity index (χ2v) is 5.99. The lowest BCUT2D eigenvalue weighted by Crippen LogP contribution is -2.39. The minimum absolute atomic E-state index is 0.0121. The average Bonchev–Trinajstić information content (AvgIpc) is 2.30. The molecule has 1 unspecified atom stereocenters. The number of nitrogens with two attached hydrogens (primary N) is 1. The van der Waals surface area contributed by atoms with Gasteiger partial charge in [0.1, 0.15) is 0 Å². The predicted molar refractivity (Wildman–Crippen MR) is 70.7 cm³/mol. The van der Waals surface area contributed by atoms with Crippen LogP contribution in [0.1, 0.15) is 37.6 Å². The molecule has 0 aliphatic heterocycles. The zero-order valence-electron chi connectivity index (χ0n) is 11.8. The van der Waals surface area contributed by atoms with Gasteiger partial charge in [-0.25, -0.2) is 13.2 Å². The highest BCUT2D eigenvalue weighted by Crippen LogP contribution is 2.19. The lowest BCUT2D eigenvalue weighted by molar-refractivity contribution is 0.0947. The Labute approximate surface area is 116 Å². The number of amides is 1. The first kappa shape index (κ1) is 16.5. The van der Waals surface area contributed by atoms with Crippen LogP contribution in [0.5, 0.6) is 0 Å². The van der Waals surface area contributed by atoms with Gasteiger partial charge in [0.2, 0.25) is 0 Å². The molecule has 0 bridgehead atoms. The summed E-state index contributed by atoms with van der Waals surface area (Å²) in [5.41, 5.74) is 5.59. The van der Waals surface area contributed by atoms with Crippen LogP contribution < -0.4 is 11.1 Å². The average molecular weight is 288 g/mol. The predicted octanol–water partition coefficient (Wildman–Crippen LogP) is 2.60. The van der Waals surface area contributed by atoms with Crippen LogP contribution in [0.2, 0.25) is 0 Å². The molecule has 20 heavy (non-hydrogen) atoms. The van der Waals surface area contributed by atoms with E-state index >= 15 is 0 Å². The summed E-state index contributed by atoms with van der Waals surface area (Å²) in [4.78, 5) is 11.7. The third kappa shape index (κ3) is 4.85. The summed E-state index contributed by atoms with van der Waals surface area (Å²) < 4.78 is 38.8. The van der Waals surface area contributed by atoms with Gasteiger partial charge in [-0.1, -0.05) is 20.8 Å². The van der Waals surface area contributed by atoms with Crippen molar-refractivity contribution in [3.05, 3.63) is 35.1 Å². The van der Waals surface area contributed by atoms with Crippen LogP contribution >= 0.6 is 0 Å². The fourth-order valence-electron chi connectivity index (χ4n) is 1.87. The second kappa shape index (κ2) is 6.26. The SMILES string of the molecule is CC(C)(C)CC(N)CNC(=O)c1cc(F)c(F)c(F)c1. The number of benzene rings is 1. The molecule has 1 atom stereocenters. The van der Waals surface area contributed by atoms with E-state index in [4.69, 9.17) is 5.73 Å². The first-order valence-corrected chi connectivity index (χ1v) is 6.28. The van der Waals surface area contributed by atoms with Gasteiger partial charge in [0, 0.05) is 18.2 Å². The van der Waals surface area contributed by atoms with E-state index in [9.17, 15) is 18.0 Å². The van der Waals surface area contributed by atoms with Crippen molar-refractivity contribution in [2.75, 3.05) is 6.54 Å². The molecule has 0 aliphatic rings. The molecule has 0 saturated carbocycles. The molecule has 0 aliphatic carbocycles. The van der Waals surface area contributed by atoms with Gasteiger partial charge in [-0.15, -0.1) is 0 Å². The standard InChI is InChI=1S/C14H19F3N2O/c1-14(2,3)6-9(18)7-19-13(20)8-4-10(15)12(17)11(16)5-8/h4-5,9H,6-7,18H2,1-3H3,(H,19,20). The maximum Gasteiger partial charge on any atom is 0.251 e. The Morgan fingerprint density at radius 1 is 1.25 bits per heavy atom. The van der Waals surface area contributed by atoms with Crippen LogP contribution in [-0.2, 0) is 0 Å². The summed E-state index contributed by atoms with van der Waals surface area (Å²) in [5.74, 6) is -5.07. The molecule has 3 nitrogen and oxygen atoms in total. The van der Waals surface area contributed by atoms with Crippen molar-refractivity contribution in [2.24, 2.45) is 11.1 Å². The summed E-state index contributed by atoms with van der Waals surface area (Å²) >= 11 is 0. The van der Waals surface area contributed by atoms with Gasteiger partial charge >= 0.3 is 0 Å². The largest absolute Gasteiger partial charge is 0.350 e. The minimum atomic E-state index is -1.59. The van der Waals surface area contributed by atoms with Gasteiger partial charge in [-0.2, -0.15) is 0 Å². The molecule has 0 fully saturated rings. The van der Waals surface area contributed by atoms with Crippen LogP contribution in [-0.4, -0.2) is 18.5 Å². The molecule has 0 spiro atoms. The van der Waals surface area contributed by atoms with E-state index < -0.39 is 23.4 Å². The maximum atomic E-state index is 13.0. The molecule has 0 aromatic heterocycles. The van der Waals surface area contributed by atoms with Crippen molar-refractivity contribution in [3.63, 3.8) is 0 Å². The fourth-order valence-corrected chi connectivity index (χ4v) is 1.87. The van der Waals surface area contributed by atoms with Crippen molar-refractivity contribution < 1.29 is 18.0 Å². The zero-order chi connectivity index (χ0) is 15.5. The smallest absolute Gasteiger partial charge is 0.251 e. The number of nitrogens with one attached hydrogen (secondary N) is 1. The molecule has 0 saturated heterocycles. The van der Waals surface area contributed by atoms with Crippen LogP contribution in [0.4, 0.5) is 13.2 Å². The number of hydrogen-bond acceptors (Lipinski definition) is 2. The molecule has 1 amide bonds. The Kier molecular flexibility index (Phi) is 5.16. The highest BCUT2D eigenvalue weighted by atomic mass is 19.2. The van der Waals surface area contributed by atoms with Crippen LogP contribution in [0.3, 0.4) is 0 Å². The summed E-state index contributed by atoms with van der Waals surface area (Å²) in [6.07, 6.45) is 0.680. The summed E-state index contributed by atoms with van der Waals surface area (Å²) in [7, 11) is 0. The monoisotopic (exact) mass is 288 g/mol. The minimum Gasteiger partial charge on any atom is -0.350 e. The Bertz CT molecular complexity index is 475. The zero-order valence-corrected chi connectivity index (χ0v) is 11.8. The first-order valence-electron chi connectivity index (χ1n) is 6.28. The highest BCUT2D eigenvalue weighted by molar-refractivity contribution is 5.94. The Hall–Kier alpha value is -1.56. The first-order chi connectivity index (χ1) is 9.10. The van der Waals surface area contributed by atoms with Crippen molar-refractivity contribution >= 4 is 5.91 Å². The Morgan fingerprint density at radius 3 is 2.20 bits per heavy atom. The summed E-state index contributed by atoms with van der Waals surface area (Å²) in [6.45, 7) is 6.22. The van der Waals surface area contributed by atoms with Crippen LogP contribution in [0.15, 0.2) is 12.1 Å². The van der Waals surface area contributed by atoms with E-state index in [0.717, 1.165) is 0 Å². The van der Waals surface area contributed by atoms with Crippen molar-refractivity contribution in [3.8, 4) is 0 Å². The third-order valence-electron chi connectivity index (χ3n) is 2.65. The van der Waals surface area contributed by atoms with Crippen LogP contribution in [0, 0.1) is 22.9 Å². The number of halogens is 3. The van der Waals surface area contributed by atoms with Crippen molar-refractivity contribution in [2.45, 2.75) is 33.2 Å². The number of hydrogen-bond donors (Lipinski definition) is 2. The van der Waals surface area contributed by atoms with E-state index in [0.29, 0.717) is 18.6 Å². The molecule has 112 valence electrons. The number of carbonyl (C=O) groups excluding carboxylic acids is 1. The lowest BCUT2D eigenvalue weighted by atomic mass is 9.88. The molecule has 1 aromatic rings. The van der Waals surface area contributed by atoms with E-state index in [2.05, 4.69) is 5.32 Å². The van der Waals surface area contributed by atoms with Gasteiger partial charge in [-0.05, 0) is 24.0 Å². The van der Waals surface area contributed by atoms with Crippen molar-refractivity contribution in [1.29, 1.82) is 0 Å². The third-order valence-corrected chi connectivity index (χ3v) is 2.65. The van der Waals surface area contributed by atoms with E-state index in [-0.39, 0.29) is 23.6 Å². The quantitative estimate of drug-likeness (QED) is 0.837. The fraction of sp³-hybridized carbons (Fsp3) is 0.500. The Balaban J connectivity index is 2.64. The number of carbonyl (C=O) groups is 1. The van der Waals surface area contributed by atoms with E-state index in [1.54, 1.807) is 0 Å². The molecule has 0 radical (unpaired) electrons. The molecule has 6 heteroatoms. The molecule has 1 aromatic carbocycles. The Morgan fingerprint density at radius 2 is 1.75 bits per heavy atom. The highest BCUT2D eigenvalue weighted by Gasteiger charge is 2.18. The van der Waals surface area contributed by atoms with E-state index in [1.165, 1.54) is 0 Å². The van der Waals surface area contributed by atoms with Crippen LogP contribution in [0.25, 0.3) is 0 Å². The molecule has 0 heterocycles. The molecule has 3 N–H and O–H groups in total. The number of rotatable bonds is 4. The summed E-state index contributed by atoms with van der Waals surface area (Å²) in [6, 6.07) is 1.04. The van der Waals surface area contributed by atoms with Gasteiger partial charge in [0.25, 0.3) is 5.91 Å².